The van der Waals surface area contributed by atoms with Crippen LogP contribution in [-0.2, 0) is 0 Å². The molecule has 4 nitrogen and oxygen atoms in total. The van der Waals surface area contributed by atoms with E-state index in [1.54, 1.807) is 24.3 Å². The maximum atomic E-state index is 10.4. The van der Waals surface area contributed by atoms with Crippen LogP contribution in [0.2, 0.25) is 0 Å². The van der Waals surface area contributed by atoms with Crippen molar-refractivity contribution >= 4 is 12.0 Å². The van der Waals surface area contributed by atoms with Crippen LogP contribution in [0.1, 0.15) is 10.4 Å². The Balaban J connectivity index is 3.11. The SMILES string of the molecule is NN=Nc1ccccc1C=O. The Kier molecular flexibility index (Phi) is 2.32. The van der Waals surface area contributed by atoms with Crippen LogP contribution in [0.5, 0.6) is 0 Å². The molecule has 0 aliphatic carbocycles. The quantitative estimate of drug-likeness (QED) is 0.299. The highest BCUT2D eigenvalue weighted by Crippen LogP contribution is 2.15. The van der Waals surface area contributed by atoms with Crippen molar-refractivity contribution in [3.05, 3.63) is 29.8 Å². The van der Waals surface area contributed by atoms with Crippen molar-refractivity contribution in [3.8, 4) is 0 Å². The number of rotatable bonds is 2. The van der Waals surface area contributed by atoms with Gasteiger partial charge in [-0.1, -0.05) is 17.4 Å². The zero-order valence-corrected chi connectivity index (χ0v) is 5.77. The van der Waals surface area contributed by atoms with E-state index in [4.69, 9.17) is 5.84 Å². The molecule has 1 aromatic rings. The molecule has 0 aromatic heterocycles. The molecule has 0 unspecified atom stereocenters. The molecule has 1 aromatic carbocycles. The Morgan fingerprint density at radius 3 is 2.73 bits per heavy atom. The fourth-order valence-electron chi connectivity index (χ4n) is 0.740. The standard InChI is InChI=1S/C7H7N3O/c8-10-9-7-4-2-1-3-6(7)5-11/h1-5H,(H2,8,9). The Morgan fingerprint density at radius 1 is 1.36 bits per heavy atom. The predicted molar refractivity (Wildman–Crippen MR) is 40.5 cm³/mol. The summed E-state index contributed by atoms with van der Waals surface area (Å²) in [5.74, 6) is 4.83. The van der Waals surface area contributed by atoms with Crippen molar-refractivity contribution in [3.63, 3.8) is 0 Å². The third kappa shape index (κ3) is 1.61. The molecule has 0 radical (unpaired) electrons. The van der Waals surface area contributed by atoms with Gasteiger partial charge in [-0.15, -0.1) is 5.11 Å². The van der Waals surface area contributed by atoms with Gasteiger partial charge in [0.05, 0.1) is 5.69 Å². The second-order valence-electron chi connectivity index (χ2n) is 1.89. The van der Waals surface area contributed by atoms with Crippen LogP contribution in [0.4, 0.5) is 5.69 Å². The molecular weight excluding hydrogens is 142 g/mol. The molecule has 0 bridgehead atoms. The van der Waals surface area contributed by atoms with Crippen LogP contribution >= 0.6 is 0 Å². The van der Waals surface area contributed by atoms with Gasteiger partial charge < -0.3 is 5.84 Å². The number of nitrogens with zero attached hydrogens (tertiary/aromatic N) is 2. The predicted octanol–water partition coefficient (Wildman–Crippen LogP) is 1.46. The lowest BCUT2D eigenvalue weighted by molar-refractivity contribution is 0.112. The number of aldehydes is 1. The summed E-state index contributed by atoms with van der Waals surface area (Å²) in [5.41, 5.74) is 0.978. The average molecular weight is 149 g/mol. The van der Waals surface area contributed by atoms with Gasteiger partial charge in [-0.2, -0.15) is 0 Å². The first kappa shape index (κ1) is 7.40. The topological polar surface area (TPSA) is 67.8 Å². The second kappa shape index (κ2) is 3.46. The summed E-state index contributed by atoms with van der Waals surface area (Å²) < 4.78 is 0. The fraction of sp³-hybridized carbons (Fsp3) is 0. The van der Waals surface area contributed by atoms with Gasteiger partial charge in [0.25, 0.3) is 0 Å². The molecule has 0 atom stereocenters. The Hall–Kier alpha value is -1.71. The lowest BCUT2D eigenvalue weighted by Gasteiger charge is -1.92. The van der Waals surface area contributed by atoms with Crippen LogP contribution in [0, 0.1) is 0 Å². The molecule has 2 N–H and O–H groups in total. The van der Waals surface area contributed by atoms with Crippen molar-refractivity contribution < 1.29 is 4.79 Å². The Bertz CT molecular complexity index is 283. The average Bonchev–Trinajstić information content (AvgIpc) is 2.06. The minimum Gasteiger partial charge on any atom is -0.305 e. The van der Waals surface area contributed by atoms with Gasteiger partial charge in [0.1, 0.15) is 0 Å². The number of carbonyl (C=O) groups is 1. The van der Waals surface area contributed by atoms with E-state index in [2.05, 4.69) is 10.3 Å². The van der Waals surface area contributed by atoms with E-state index in [0.29, 0.717) is 17.5 Å². The summed E-state index contributed by atoms with van der Waals surface area (Å²) in [4.78, 5) is 10.4. The molecule has 4 heteroatoms. The molecule has 0 aliphatic rings. The third-order valence-corrected chi connectivity index (χ3v) is 1.23. The Labute approximate surface area is 63.7 Å². The van der Waals surface area contributed by atoms with Crippen LogP contribution in [0.25, 0.3) is 0 Å². The number of carbonyl (C=O) groups excluding carboxylic acids is 1. The molecular formula is C7H7N3O. The van der Waals surface area contributed by atoms with Gasteiger partial charge in [-0.3, -0.25) is 4.79 Å². The van der Waals surface area contributed by atoms with E-state index in [9.17, 15) is 4.79 Å². The first-order valence-corrected chi connectivity index (χ1v) is 3.03. The van der Waals surface area contributed by atoms with E-state index in [1.165, 1.54) is 0 Å². The summed E-state index contributed by atoms with van der Waals surface area (Å²) in [6.07, 6.45) is 0.712. The van der Waals surface area contributed by atoms with Crippen LogP contribution in [0.3, 0.4) is 0 Å². The number of nitrogens with two attached hydrogens (primary N) is 1. The largest absolute Gasteiger partial charge is 0.305 e. The molecule has 0 spiro atoms. The molecule has 0 aliphatic heterocycles. The van der Waals surface area contributed by atoms with E-state index in [0.717, 1.165) is 0 Å². The fourth-order valence-corrected chi connectivity index (χ4v) is 0.740. The summed E-state index contributed by atoms with van der Waals surface area (Å²) in [6, 6.07) is 6.83. The monoisotopic (exact) mass is 149 g/mol. The number of hydrogen-bond donors (Lipinski definition) is 1. The maximum absolute atomic E-state index is 10.4. The lowest BCUT2D eigenvalue weighted by atomic mass is 10.2. The van der Waals surface area contributed by atoms with E-state index in [-0.39, 0.29) is 0 Å². The van der Waals surface area contributed by atoms with Crippen LogP contribution in [0.15, 0.2) is 34.6 Å². The first-order chi connectivity index (χ1) is 5.38. The van der Waals surface area contributed by atoms with Gasteiger partial charge in [0.2, 0.25) is 0 Å². The molecule has 11 heavy (non-hydrogen) atoms. The summed E-state index contributed by atoms with van der Waals surface area (Å²) in [7, 11) is 0. The molecule has 0 fully saturated rings. The zero-order valence-electron chi connectivity index (χ0n) is 5.77. The van der Waals surface area contributed by atoms with Gasteiger partial charge in [0, 0.05) is 5.56 Å². The smallest absolute Gasteiger partial charge is 0.152 e. The first-order valence-electron chi connectivity index (χ1n) is 3.03. The van der Waals surface area contributed by atoms with Gasteiger partial charge in [0.15, 0.2) is 6.29 Å². The van der Waals surface area contributed by atoms with E-state index in [1.807, 2.05) is 0 Å². The molecule has 1 rings (SSSR count). The lowest BCUT2D eigenvalue weighted by Crippen LogP contribution is -1.80. The normalized spacial score (nSPS) is 10.2. The molecule has 0 heterocycles. The third-order valence-electron chi connectivity index (χ3n) is 1.23. The van der Waals surface area contributed by atoms with Crippen molar-refractivity contribution in [1.29, 1.82) is 0 Å². The van der Waals surface area contributed by atoms with Crippen LogP contribution < -0.4 is 5.84 Å². The number of benzene rings is 1. The molecule has 0 saturated carbocycles. The van der Waals surface area contributed by atoms with Crippen LogP contribution in [-0.4, -0.2) is 6.29 Å². The van der Waals surface area contributed by atoms with E-state index >= 15 is 0 Å². The molecule has 0 amide bonds. The zero-order chi connectivity index (χ0) is 8.10. The molecule has 56 valence electrons. The van der Waals surface area contributed by atoms with Gasteiger partial charge in [-0.25, -0.2) is 0 Å². The van der Waals surface area contributed by atoms with Crippen molar-refractivity contribution in [2.45, 2.75) is 0 Å². The second-order valence-corrected chi connectivity index (χ2v) is 1.89. The van der Waals surface area contributed by atoms with Gasteiger partial charge >= 0.3 is 0 Å². The van der Waals surface area contributed by atoms with E-state index < -0.39 is 0 Å². The van der Waals surface area contributed by atoms with Crippen molar-refractivity contribution in [2.24, 2.45) is 16.2 Å². The highest BCUT2D eigenvalue weighted by Gasteiger charge is 1.96. The Morgan fingerprint density at radius 2 is 2.09 bits per heavy atom. The number of hydrogen-bond acceptors (Lipinski definition) is 3. The van der Waals surface area contributed by atoms with Gasteiger partial charge in [-0.05, 0) is 12.1 Å². The molecule has 0 saturated heterocycles. The summed E-state index contributed by atoms with van der Waals surface area (Å²) in [6.45, 7) is 0. The highest BCUT2D eigenvalue weighted by molar-refractivity contribution is 5.82. The maximum Gasteiger partial charge on any atom is 0.152 e. The highest BCUT2D eigenvalue weighted by atomic mass is 16.1. The van der Waals surface area contributed by atoms with Crippen molar-refractivity contribution in [2.75, 3.05) is 0 Å². The minimum absolute atomic E-state index is 0.488. The summed E-state index contributed by atoms with van der Waals surface area (Å²) in [5, 5.41) is 6.63. The van der Waals surface area contributed by atoms with Crippen molar-refractivity contribution in [1.82, 2.24) is 0 Å². The summed E-state index contributed by atoms with van der Waals surface area (Å²) >= 11 is 0. The minimum atomic E-state index is 0.488.